The Bertz CT molecular complexity index is 1020. The molecule has 156 valence electrons. The average Bonchev–Trinajstić information content (AvgIpc) is 2.71. The summed E-state index contributed by atoms with van der Waals surface area (Å²) in [6.45, 7) is 2.92. The first kappa shape index (κ1) is 23.3. The fourth-order valence-corrected chi connectivity index (χ4v) is 4.32. The monoisotopic (exact) mass is 435 g/mol. The van der Waals surface area contributed by atoms with Crippen LogP contribution in [0.4, 0.5) is 0 Å². The number of aromatic nitrogens is 1. The molecule has 2 unspecified atom stereocenters. The fourth-order valence-electron chi connectivity index (χ4n) is 3.04. The van der Waals surface area contributed by atoms with Crippen LogP contribution in [-0.4, -0.2) is 39.6 Å². The van der Waals surface area contributed by atoms with Crippen LogP contribution in [0, 0.1) is 0 Å². The van der Waals surface area contributed by atoms with Crippen molar-refractivity contribution < 1.29 is 13.2 Å². The third-order valence-corrected chi connectivity index (χ3v) is 6.10. The molecule has 3 aromatic rings. The van der Waals surface area contributed by atoms with Crippen molar-refractivity contribution in [2.75, 3.05) is 20.2 Å². The molecule has 2 aromatic carbocycles. The molecule has 1 heterocycles. The fraction of sp³-hybridized carbons (Fsp3) is 0.286. The minimum atomic E-state index is -3.60. The Hall–Kier alpha value is -2.03. The van der Waals surface area contributed by atoms with Gasteiger partial charge >= 0.3 is 0 Å². The smallest absolute Gasteiger partial charge is 0.240 e. The molecule has 0 saturated heterocycles. The third kappa shape index (κ3) is 6.22. The molecule has 0 bridgehead atoms. The quantitative estimate of drug-likeness (QED) is 0.539. The van der Waals surface area contributed by atoms with Crippen molar-refractivity contribution in [3.63, 3.8) is 0 Å². The molecule has 3 rings (SSSR count). The first-order valence-corrected chi connectivity index (χ1v) is 10.6. The van der Waals surface area contributed by atoms with Gasteiger partial charge in [0, 0.05) is 44.0 Å². The number of hydrogen-bond donors (Lipinski definition) is 2. The van der Waals surface area contributed by atoms with Crippen LogP contribution in [0.15, 0.2) is 71.9 Å². The van der Waals surface area contributed by atoms with Crippen LogP contribution in [0.3, 0.4) is 0 Å². The molecule has 2 N–H and O–H groups in total. The number of nitrogens with one attached hydrogen (secondary N) is 2. The molecule has 0 aliphatic carbocycles. The van der Waals surface area contributed by atoms with Crippen molar-refractivity contribution in [1.82, 2.24) is 15.0 Å². The van der Waals surface area contributed by atoms with Crippen LogP contribution >= 0.6 is 12.4 Å². The van der Waals surface area contributed by atoms with Crippen molar-refractivity contribution in [2.45, 2.75) is 24.0 Å². The van der Waals surface area contributed by atoms with Gasteiger partial charge in [0.15, 0.2) is 0 Å². The lowest BCUT2D eigenvalue weighted by Crippen LogP contribution is -2.41. The molecule has 8 heteroatoms. The lowest BCUT2D eigenvalue weighted by Gasteiger charge is -2.19. The summed E-state index contributed by atoms with van der Waals surface area (Å²) >= 11 is 0. The van der Waals surface area contributed by atoms with E-state index in [1.165, 1.54) is 0 Å². The van der Waals surface area contributed by atoms with Crippen LogP contribution in [0.5, 0.6) is 0 Å². The lowest BCUT2D eigenvalue weighted by molar-refractivity contribution is 0.102. The maximum atomic E-state index is 12.7. The van der Waals surface area contributed by atoms with Crippen LogP contribution in [0.1, 0.15) is 18.6 Å². The largest absolute Gasteiger partial charge is 0.375 e. The maximum Gasteiger partial charge on any atom is 0.240 e. The summed E-state index contributed by atoms with van der Waals surface area (Å²) < 4.78 is 33.6. The molecular weight excluding hydrogens is 410 g/mol. The van der Waals surface area contributed by atoms with E-state index in [4.69, 9.17) is 4.74 Å². The van der Waals surface area contributed by atoms with Crippen molar-refractivity contribution >= 4 is 33.2 Å². The van der Waals surface area contributed by atoms with Crippen LogP contribution in [0.2, 0.25) is 0 Å². The molecule has 1 aromatic heterocycles. The van der Waals surface area contributed by atoms with E-state index in [0.29, 0.717) is 13.1 Å². The second-order valence-electron chi connectivity index (χ2n) is 6.70. The number of methoxy groups -OCH3 is 1. The zero-order valence-corrected chi connectivity index (χ0v) is 18.0. The predicted octanol–water partition coefficient (Wildman–Crippen LogP) is 3.30. The Morgan fingerprint density at radius 2 is 1.79 bits per heavy atom. The van der Waals surface area contributed by atoms with E-state index in [1.807, 2.05) is 37.3 Å². The number of nitrogens with zero attached hydrogens (tertiary/aromatic N) is 1. The average molecular weight is 436 g/mol. The van der Waals surface area contributed by atoms with Gasteiger partial charge in [-0.25, -0.2) is 13.1 Å². The van der Waals surface area contributed by atoms with Gasteiger partial charge in [0.05, 0.1) is 11.0 Å². The molecule has 0 fully saturated rings. The van der Waals surface area contributed by atoms with Gasteiger partial charge in [-0.05, 0) is 36.1 Å². The van der Waals surface area contributed by atoms with E-state index in [9.17, 15) is 8.42 Å². The summed E-state index contributed by atoms with van der Waals surface area (Å²) in [6.07, 6.45) is 3.28. The Morgan fingerprint density at radius 1 is 1.03 bits per heavy atom. The molecule has 0 amide bonds. The molecule has 29 heavy (non-hydrogen) atoms. The third-order valence-electron chi connectivity index (χ3n) is 4.51. The number of pyridine rings is 1. The minimum Gasteiger partial charge on any atom is -0.375 e. The van der Waals surface area contributed by atoms with Gasteiger partial charge in [0.25, 0.3) is 0 Å². The molecular formula is C21H26ClN3O3S. The van der Waals surface area contributed by atoms with Crippen molar-refractivity contribution in [3.05, 3.63) is 72.6 Å². The lowest BCUT2D eigenvalue weighted by atomic mass is 10.1. The second kappa shape index (κ2) is 10.7. The number of hydrogen-bond acceptors (Lipinski definition) is 5. The first-order chi connectivity index (χ1) is 13.5. The van der Waals surface area contributed by atoms with Gasteiger partial charge in [-0.2, -0.15) is 0 Å². The van der Waals surface area contributed by atoms with E-state index >= 15 is 0 Å². The van der Waals surface area contributed by atoms with Gasteiger partial charge in [-0.3, -0.25) is 4.98 Å². The van der Waals surface area contributed by atoms with E-state index in [1.54, 1.807) is 43.8 Å². The molecule has 2 atom stereocenters. The number of rotatable bonds is 9. The Labute approximate surface area is 178 Å². The summed E-state index contributed by atoms with van der Waals surface area (Å²) in [5, 5.41) is 5.03. The summed E-state index contributed by atoms with van der Waals surface area (Å²) in [5.74, 6) is 0. The van der Waals surface area contributed by atoms with Crippen LogP contribution in [0.25, 0.3) is 10.8 Å². The Kier molecular flexibility index (Phi) is 8.55. The zero-order valence-electron chi connectivity index (χ0n) is 16.4. The SMILES string of the molecule is COC(CNCC(C)NS(=O)(=O)c1ccc2cnccc2c1)c1ccccc1.Cl. The van der Waals surface area contributed by atoms with Gasteiger partial charge in [-0.15, -0.1) is 12.4 Å². The summed E-state index contributed by atoms with van der Waals surface area (Å²) in [7, 11) is -1.93. The number of sulfonamides is 1. The van der Waals surface area contributed by atoms with E-state index in [2.05, 4.69) is 15.0 Å². The normalized spacial score (nSPS) is 13.6. The van der Waals surface area contributed by atoms with E-state index in [0.717, 1.165) is 16.3 Å². The number of halogens is 1. The molecule has 0 saturated carbocycles. The topological polar surface area (TPSA) is 80.3 Å². The molecule has 0 aliphatic rings. The van der Waals surface area contributed by atoms with Gasteiger partial charge in [0.1, 0.15) is 0 Å². The molecule has 0 spiro atoms. The van der Waals surface area contributed by atoms with E-state index in [-0.39, 0.29) is 29.4 Å². The second-order valence-corrected chi connectivity index (χ2v) is 8.41. The highest BCUT2D eigenvalue weighted by atomic mass is 35.5. The summed E-state index contributed by atoms with van der Waals surface area (Å²) in [4.78, 5) is 4.29. The van der Waals surface area contributed by atoms with Crippen LogP contribution in [-0.2, 0) is 14.8 Å². The standard InChI is InChI=1S/C21H25N3O3S.ClH/c1-16(13-23-15-21(27-2)17-6-4-3-5-7-17)24-28(25,26)20-9-8-19-14-22-11-10-18(19)12-20;/h3-12,14,16,21,23-24H,13,15H2,1-2H3;1H. The molecule has 0 aliphatic heterocycles. The zero-order chi connectivity index (χ0) is 20.0. The van der Waals surface area contributed by atoms with Crippen molar-refractivity contribution in [3.8, 4) is 0 Å². The van der Waals surface area contributed by atoms with Crippen LogP contribution < -0.4 is 10.0 Å². The van der Waals surface area contributed by atoms with Gasteiger partial charge in [-0.1, -0.05) is 36.4 Å². The highest BCUT2D eigenvalue weighted by Crippen LogP contribution is 2.18. The van der Waals surface area contributed by atoms with Crippen molar-refractivity contribution in [2.24, 2.45) is 0 Å². The summed E-state index contributed by atoms with van der Waals surface area (Å²) in [6, 6.07) is 16.5. The van der Waals surface area contributed by atoms with Gasteiger partial charge in [0.2, 0.25) is 10.0 Å². The Balaban J connectivity index is 0.00000300. The predicted molar refractivity (Wildman–Crippen MR) is 118 cm³/mol. The minimum absolute atomic E-state index is 0. The number of benzene rings is 2. The summed E-state index contributed by atoms with van der Waals surface area (Å²) in [5.41, 5.74) is 1.08. The molecule has 6 nitrogen and oxygen atoms in total. The first-order valence-electron chi connectivity index (χ1n) is 9.14. The van der Waals surface area contributed by atoms with Gasteiger partial charge < -0.3 is 10.1 Å². The maximum absolute atomic E-state index is 12.7. The van der Waals surface area contributed by atoms with Crippen molar-refractivity contribution in [1.29, 1.82) is 0 Å². The van der Waals surface area contributed by atoms with E-state index < -0.39 is 10.0 Å². The number of fused-ring (bicyclic) bond motifs is 1. The highest BCUT2D eigenvalue weighted by molar-refractivity contribution is 7.89. The Morgan fingerprint density at radius 3 is 2.52 bits per heavy atom. The number of ether oxygens (including phenoxy) is 1. The highest BCUT2D eigenvalue weighted by Gasteiger charge is 2.18. The molecule has 0 radical (unpaired) electrons.